The molecule has 1 aliphatic rings. The molecular weight excluding hydrogens is 216 g/mol. The van der Waals surface area contributed by atoms with Crippen LogP contribution < -0.4 is 9.47 Å². The molecule has 4 nitrogen and oxygen atoms in total. The predicted molar refractivity (Wildman–Crippen MR) is 67.0 cm³/mol. The van der Waals surface area contributed by atoms with Gasteiger partial charge in [0.15, 0.2) is 17.6 Å². The topological polar surface area (TPSA) is 45.6 Å². The molecule has 92 valence electrons. The van der Waals surface area contributed by atoms with Gasteiger partial charge in [-0.25, -0.2) is 0 Å². The van der Waals surface area contributed by atoms with Crippen molar-refractivity contribution in [3.63, 3.8) is 0 Å². The summed E-state index contributed by atoms with van der Waals surface area (Å²) in [6.45, 7) is 6.12. The number of nitrogens with zero attached hydrogens (tertiary/aromatic N) is 1. The maximum atomic E-state index is 8.10. The molecule has 0 saturated heterocycles. The molecule has 4 heteroatoms. The number of benzene rings is 1. The van der Waals surface area contributed by atoms with Crippen LogP contribution in [0.5, 0.6) is 11.5 Å². The quantitative estimate of drug-likeness (QED) is 0.644. The van der Waals surface area contributed by atoms with Gasteiger partial charge in [0.2, 0.25) is 0 Å². The molecule has 0 aromatic heterocycles. The van der Waals surface area contributed by atoms with Crippen molar-refractivity contribution in [2.45, 2.75) is 20.0 Å². The van der Waals surface area contributed by atoms with E-state index in [0.29, 0.717) is 12.4 Å². The van der Waals surface area contributed by atoms with Gasteiger partial charge in [0.05, 0.1) is 0 Å². The first-order valence-corrected chi connectivity index (χ1v) is 5.98. The van der Waals surface area contributed by atoms with E-state index in [1.807, 2.05) is 43.0 Å². The van der Waals surface area contributed by atoms with E-state index in [2.05, 4.69) is 0 Å². The van der Waals surface area contributed by atoms with Gasteiger partial charge in [0.1, 0.15) is 12.4 Å². The van der Waals surface area contributed by atoms with E-state index in [4.69, 9.17) is 14.9 Å². The highest BCUT2D eigenvalue weighted by molar-refractivity contribution is 5.84. The first kappa shape index (κ1) is 11.8. The second-order valence-electron chi connectivity index (χ2n) is 3.92. The van der Waals surface area contributed by atoms with Crippen molar-refractivity contribution in [1.29, 1.82) is 5.41 Å². The zero-order chi connectivity index (χ0) is 12.3. The van der Waals surface area contributed by atoms with E-state index in [0.717, 1.165) is 24.6 Å². The van der Waals surface area contributed by atoms with Crippen LogP contribution in [-0.2, 0) is 0 Å². The summed E-state index contributed by atoms with van der Waals surface area (Å²) in [6.07, 6.45) is -0.301. The fraction of sp³-hybridized carbons (Fsp3) is 0.462. The summed E-state index contributed by atoms with van der Waals surface area (Å²) >= 11 is 0. The second-order valence-corrected chi connectivity index (χ2v) is 3.92. The molecule has 0 fully saturated rings. The fourth-order valence-electron chi connectivity index (χ4n) is 1.92. The molecule has 0 radical (unpaired) electrons. The third-order valence-corrected chi connectivity index (χ3v) is 2.92. The van der Waals surface area contributed by atoms with Crippen molar-refractivity contribution in [3.8, 4) is 11.5 Å². The average molecular weight is 234 g/mol. The van der Waals surface area contributed by atoms with Crippen molar-refractivity contribution < 1.29 is 9.47 Å². The maximum Gasteiger partial charge on any atom is 0.189 e. The van der Waals surface area contributed by atoms with E-state index in [9.17, 15) is 0 Å². The number of rotatable bonds is 3. The highest BCUT2D eigenvalue weighted by Crippen LogP contribution is 2.31. The molecule has 1 aliphatic heterocycles. The van der Waals surface area contributed by atoms with E-state index in [1.54, 1.807) is 0 Å². The van der Waals surface area contributed by atoms with Crippen LogP contribution in [0.4, 0.5) is 0 Å². The van der Waals surface area contributed by atoms with Crippen LogP contribution in [0, 0.1) is 5.41 Å². The third-order valence-electron chi connectivity index (χ3n) is 2.92. The fourth-order valence-corrected chi connectivity index (χ4v) is 1.92. The van der Waals surface area contributed by atoms with E-state index < -0.39 is 0 Å². The van der Waals surface area contributed by atoms with Crippen molar-refractivity contribution in [2.24, 2.45) is 0 Å². The minimum atomic E-state index is -0.301. The normalized spacial score (nSPS) is 17.6. The highest BCUT2D eigenvalue weighted by atomic mass is 16.6. The Kier molecular flexibility index (Phi) is 3.52. The Morgan fingerprint density at radius 2 is 1.94 bits per heavy atom. The Bertz CT molecular complexity index is 402. The molecule has 0 spiro atoms. The lowest BCUT2D eigenvalue weighted by atomic mass is 10.2. The maximum absolute atomic E-state index is 8.10. The van der Waals surface area contributed by atoms with Gasteiger partial charge in [0, 0.05) is 13.1 Å². The summed E-state index contributed by atoms with van der Waals surface area (Å²) in [4.78, 5) is 1.97. The molecular formula is C13H18N2O2. The van der Waals surface area contributed by atoms with Crippen molar-refractivity contribution >= 4 is 5.84 Å². The molecule has 1 atom stereocenters. The van der Waals surface area contributed by atoms with Gasteiger partial charge in [-0.05, 0) is 26.0 Å². The number of amidine groups is 1. The number of para-hydroxylation sites is 2. The molecule has 1 aromatic carbocycles. The average Bonchev–Trinajstić information content (AvgIpc) is 2.39. The minimum absolute atomic E-state index is 0.301. The Morgan fingerprint density at radius 3 is 2.59 bits per heavy atom. The van der Waals surface area contributed by atoms with Crippen molar-refractivity contribution in [1.82, 2.24) is 4.90 Å². The number of nitrogens with one attached hydrogen (secondary N) is 1. The van der Waals surface area contributed by atoms with Gasteiger partial charge in [-0.3, -0.25) is 5.41 Å². The number of ether oxygens (including phenoxy) is 2. The van der Waals surface area contributed by atoms with Crippen molar-refractivity contribution in [3.05, 3.63) is 24.3 Å². The molecule has 17 heavy (non-hydrogen) atoms. The van der Waals surface area contributed by atoms with E-state index in [1.165, 1.54) is 0 Å². The zero-order valence-corrected chi connectivity index (χ0v) is 10.3. The number of hydrogen-bond donors (Lipinski definition) is 1. The Hall–Kier alpha value is -1.71. The summed E-state index contributed by atoms with van der Waals surface area (Å²) in [5.74, 6) is 1.97. The van der Waals surface area contributed by atoms with Crippen LogP contribution >= 0.6 is 0 Å². The number of hydrogen-bond acceptors (Lipinski definition) is 3. The van der Waals surface area contributed by atoms with Crippen LogP contribution in [0.15, 0.2) is 24.3 Å². The van der Waals surface area contributed by atoms with Gasteiger partial charge in [-0.15, -0.1) is 0 Å². The number of fused-ring (bicyclic) bond motifs is 1. The molecule has 0 saturated carbocycles. The largest absolute Gasteiger partial charge is 0.485 e. The lowest BCUT2D eigenvalue weighted by molar-refractivity contribution is 0.124. The van der Waals surface area contributed by atoms with Crippen LogP contribution in [0.25, 0.3) is 0 Å². The standard InChI is InChI=1S/C13H18N2O2/c1-3-15(4-2)13(14)12-9-16-10-7-5-6-8-11(10)17-12/h5-8,12,14H,3-4,9H2,1-2H3. The summed E-state index contributed by atoms with van der Waals surface area (Å²) in [5, 5.41) is 8.10. The molecule has 1 aromatic rings. The molecule has 1 N–H and O–H groups in total. The summed E-state index contributed by atoms with van der Waals surface area (Å²) in [7, 11) is 0. The van der Waals surface area contributed by atoms with Gasteiger partial charge in [0.25, 0.3) is 0 Å². The predicted octanol–water partition coefficient (Wildman–Crippen LogP) is 2.15. The SMILES string of the molecule is CCN(CC)C(=N)C1COc2ccccc2O1. The monoisotopic (exact) mass is 234 g/mol. The second kappa shape index (κ2) is 5.08. The Balaban J connectivity index is 2.09. The molecule has 0 bridgehead atoms. The lowest BCUT2D eigenvalue weighted by Gasteiger charge is -2.31. The third kappa shape index (κ3) is 2.35. The van der Waals surface area contributed by atoms with Gasteiger partial charge in [-0.2, -0.15) is 0 Å². The minimum Gasteiger partial charge on any atom is -0.485 e. The Morgan fingerprint density at radius 1 is 1.29 bits per heavy atom. The van der Waals surface area contributed by atoms with Crippen LogP contribution in [0.3, 0.4) is 0 Å². The summed E-state index contributed by atoms with van der Waals surface area (Å²) in [6, 6.07) is 7.58. The molecule has 1 heterocycles. The van der Waals surface area contributed by atoms with E-state index >= 15 is 0 Å². The van der Waals surface area contributed by atoms with Crippen molar-refractivity contribution in [2.75, 3.05) is 19.7 Å². The van der Waals surface area contributed by atoms with Gasteiger partial charge >= 0.3 is 0 Å². The first-order valence-electron chi connectivity index (χ1n) is 5.98. The van der Waals surface area contributed by atoms with Crippen LogP contribution in [-0.4, -0.2) is 36.5 Å². The first-order chi connectivity index (χ1) is 8.26. The lowest BCUT2D eigenvalue weighted by Crippen LogP contribution is -2.45. The summed E-state index contributed by atoms with van der Waals surface area (Å²) in [5.41, 5.74) is 0. The zero-order valence-electron chi connectivity index (χ0n) is 10.3. The number of likely N-dealkylation sites (N-methyl/N-ethyl adjacent to an activating group) is 1. The molecule has 0 amide bonds. The highest BCUT2D eigenvalue weighted by Gasteiger charge is 2.26. The van der Waals surface area contributed by atoms with Crippen LogP contribution in [0.1, 0.15) is 13.8 Å². The van der Waals surface area contributed by atoms with Gasteiger partial charge in [-0.1, -0.05) is 12.1 Å². The molecule has 0 aliphatic carbocycles. The van der Waals surface area contributed by atoms with Gasteiger partial charge < -0.3 is 14.4 Å². The smallest absolute Gasteiger partial charge is 0.189 e. The van der Waals surface area contributed by atoms with Crippen LogP contribution in [0.2, 0.25) is 0 Å². The molecule has 2 rings (SSSR count). The summed E-state index contributed by atoms with van der Waals surface area (Å²) < 4.78 is 11.4. The van der Waals surface area contributed by atoms with E-state index in [-0.39, 0.29) is 6.10 Å². The molecule has 1 unspecified atom stereocenters. The Labute approximate surface area is 102 Å².